The van der Waals surface area contributed by atoms with Crippen molar-refractivity contribution in [2.45, 2.75) is 215 Å². The van der Waals surface area contributed by atoms with Crippen LogP contribution in [0.1, 0.15) is 0 Å². The van der Waals surface area contributed by atoms with E-state index in [2.05, 4.69) is 120 Å². The van der Waals surface area contributed by atoms with Crippen molar-refractivity contribution in [1.29, 1.82) is 0 Å². The number of rotatable bonds is 35. The van der Waals surface area contributed by atoms with Crippen molar-refractivity contribution in [3.05, 3.63) is 165 Å². The summed E-state index contributed by atoms with van der Waals surface area (Å²) in [6, 6.07) is 0. The molecule has 43 nitrogen and oxygen atoms in total. The minimum Gasteiger partial charge on any atom is -0.394 e. The maximum atomic E-state index is 13.4. The molecule has 29 aliphatic rings. The molecule has 0 aromatic carbocycles. The van der Waals surface area contributed by atoms with Crippen molar-refractivity contribution in [1.82, 2.24) is 10.6 Å². The van der Waals surface area contributed by atoms with Crippen LogP contribution in [0.15, 0.2) is 165 Å². The van der Waals surface area contributed by atoms with Crippen LogP contribution < -0.4 is 10.6 Å². The topological polar surface area (TPSA) is 627 Å². The molecule has 2 amide bonds. The molecule has 0 saturated carbocycles. The van der Waals surface area contributed by atoms with Gasteiger partial charge in [-0.3, -0.25) is 9.59 Å². The summed E-state index contributed by atoms with van der Waals surface area (Å²) in [7, 11) is 0. The van der Waals surface area contributed by atoms with Crippen molar-refractivity contribution in [2.24, 2.45) is 23.7 Å². The lowest BCUT2D eigenvalue weighted by atomic mass is 9.63. The largest absolute Gasteiger partial charge is 0.394 e. The SMILES string of the molecule is O=C(CSC[C@H]1O[C@@H]2O[C@H]3[C@H](O)[C@@H](O)[C@@H](O[C@H]4[C@H](O)[C@@H](O)[C@@H](O[C@H]5[C@H](O)[C@@H](O)[C@@H](O[C@H]6[C@H](O)[C@@H](O)[C@@H](O[C@H]7[C@H](O)[C@@H](O)[C@@H](O[C@H]8[C@H](O)[C@@H](O)[C@@H](O[C@H]1[C@H](O)[C@H]2O)O[C@@H]8CO)O[C@@H]7CO)O[C@@H]6CO)O[C@@H]5CSCC(=O)NCCOCCOCCOCC1=C2C=CC5=CC=CC6=CC=C(C=C1)C2C56)O[C@@H]4CO)O[C@@H]3CO)NCCOCCOCCOCC1=C2C=CC3=CC=CC4=CC=C(C=C1)C2C34. The van der Waals surface area contributed by atoms with Crippen molar-refractivity contribution < 1.29 is 201 Å². The van der Waals surface area contributed by atoms with Gasteiger partial charge in [-0.05, 0) is 55.7 Å². The summed E-state index contributed by atoms with van der Waals surface area (Å²) in [6.07, 6.45) is -33.0. The fourth-order valence-electron chi connectivity index (χ4n) is 19.6. The number of thioether (sulfide) groups is 2. The number of hydrogen-bond acceptors (Lipinski definition) is 43. The fourth-order valence-corrected chi connectivity index (χ4v) is 21.4. The van der Waals surface area contributed by atoms with Gasteiger partial charge < -0.3 is 202 Å². The van der Waals surface area contributed by atoms with Crippen LogP contribution in [-0.2, 0) is 104 Å². The molecule has 21 heterocycles. The van der Waals surface area contributed by atoms with Crippen LogP contribution in [0.25, 0.3) is 0 Å². The molecule has 0 radical (unpaired) electrons. The van der Waals surface area contributed by atoms with Gasteiger partial charge in [-0.1, -0.05) is 109 Å². The number of carbonyl (C=O) groups is 2. The van der Waals surface area contributed by atoms with Crippen molar-refractivity contribution in [3.63, 3.8) is 0 Å². The Labute approximate surface area is 795 Å². The number of aliphatic hydroxyl groups is 19. The van der Waals surface area contributed by atoms with Gasteiger partial charge in [0.25, 0.3) is 0 Å². The molecule has 8 aliphatic carbocycles. The summed E-state index contributed by atoms with van der Waals surface area (Å²) in [5, 5.41) is 226. The Bertz CT molecular complexity index is 4370. The minimum absolute atomic E-state index is 0.0439. The molecule has 21 N–H and O–H groups in total. The Hall–Kier alpha value is -5.56. The molecule has 29 rings (SSSR count). The standard InChI is InChI=1S/C92H124N2O41S2/c95-31-52-79-65(102)72(109)86(122-52)130-80-53(32-96)125-89(75(112)68(80)105)134-84-57(38-136-40-59(100)93-19-21-116-23-25-118-27-29-120-36-48-13-11-46-9-7-42-3-1-5-44-15-17-50(48)63(46)61(42)44)128-92(78(115)71(84)108)133-83-56(35-99)124-88(74(111)67(83)104)131-81-54(33-97)126-90(76(113)69(81)106)135-85-58(127-91(77(114)70(85)107)132-82-55(34-98)123-87(129-79)73(110)66(82)103)39-137-41-60(101)94-20-22-117-24-26-119-28-30-121-37-49-14-12-47-10-8-43-4-2-6-45-16-18-51(49)64(47)62(43)45/h1-18,52-58,61-92,95-99,102-115H,19-41H2,(H,93,100)(H,94,101)/t52-,53-,54-,55-,56-,57-,58-,61?,62?,63?,64?,65-,66-,67-,68-,69-,70-,71-,72-,73-,74-,75-,76-,77-,78-,79-,80-,81-,82-,83-,84-,85-,86-,87-,88-,89-,90-,91-,92-/m1/s1. The van der Waals surface area contributed by atoms with E-state index in [0.29, 0.717) is 39.6 Å². The van der Waals surface area contributed by atoms with Gasteiger partial charge in [0.05, 0.1) is 136 Å². The normalized spacial score (nSPS) is 41.5. The summed E-state index contributed by atoms with van der Waals surface area (Å²) in [4.78, 5) is 26.8. The minimum atomic E-state index is -2.28. The molecule has 21 fully saturated rings. The molecule has 21 aliphatic heterocycles. The van der Waals surface area contributed by atoms with Gasteiger partial charge in [0.2, 0.25) is 11.8 Å². The third-order valence-electron chi connectivity index (χ3n) is 26.8. The fraction of sp³-hybridized carbons (Fsp3) is 0.674. The Morgan fingerprint density at radius 3 is 0.774 bits per heavy atom. The van der Waals surface area contributed by atoms with Crippen molar-refractivity contribution in [2.75, 3.05) is 148 Å². The van der Waals surface area contributed by atoms with E-state index in [9.17, 15) is 107 Å². The Balaban J connectivity index is 0.550. The Morgan fingerprint density at radius 1 is 0.263 bits per heavy atom. The van der Waals surface area contributed by atoms with Gasteiger partial charge in [-0.2, -0.15) is 0 Å². The molecule has 760 valence electrons. The van der Waals surface area contributed by atoms with E-state index in [1.165, 1.54) is 44.6 Å². The maximum Gasteiger partial charge on any atom is 0.230 e. The summed E-state index contributed by atoms with van der Waals surface area (Å²) in [5.74, 6) is -1.39. The van der Waals surface area contributed by atoms with Gasteiger partial charge in [0.1, 0.15) is 159 Å². The summed E-state index contributed by atoms with van der Waals surface area (Å²) in [5.41, 5.74) is 12.4. The van der Waals surface area contributed by atoms with Crippen LogP contribution in [0.4, 0.5) is 0 Å². The quantitative estimate of drug-likeness (QED) is 0.0262. The van der Waals surface area contributed by atoms with Crippen LogP contribution in [0, 0.1) is 23.7 Å². The van der Waals surface area contributed by atoms with Crippen LogP contribution in [0.5, 0.6) is 0 Å². The number of nitrogens with one attached hydrogen (secondary N) is 2. The monoisotopic (exact) mass is 1980 g/mol. The number of allylic oxidation sites excluding steroid dienone is 24. The summed E-state index contributed by atoms with van der Waals surface area (Å²) in [6.45, 7) is -2.31. The Kier molecular flexibility index (Phi) is 36.9. The number of aliphatic hydroxyl groups excluding tert-OH is 19. The van der Waals surface area contributed by atoms with Crippen LogP contribution in [0.2, 0.25) is 0 Å². The second-order valence-corrected chi connectivity index (χ2v) is 37.6. The number of carbonyl (C=O) groups excluding carboxylic acids is 2. The lowest BCUT2D eigenvalue weighted by Gasteiger charge is -2.50. The first-order valence-electron chi connectivity index (χ1n) is 46.1. The molecular formula is C92H124N2O41S2. The van der Waals surface area contributed by atoms with Gasteiger partial charge in [0, 0.05) is 48.3 Å². The van der Waals surface area contributed by atoms with Crippen LogP contribution in [-0.4, -0.2) is 472 Å². The molecule has 0 aromatic heterocycles. The number of ether oxygens (including phenoxy) is 20. The third kappa shape index (κ3) is 23.5. The number of hydrogen-bond donors (Lipinski definition) is 21. The molecule has 0 aromatic rings. The molecule has 4 unspecified atom stereocenters. The molecule has 137 heavy (non-hydrogen) atoms. The van der Waals surface area contributed by atoms with E-state index >= 15 is 0 Å². The van der Waals surface area contributed by atoms with Gasteiger partial charge in [-0.25, -0.2) is 0 Å². The van der Waals surface area contributed by atoms with E-state index in [4.69, 9.17) is 94.7 Å². The van der Waals surface area contributed by atoms with Crippen molar-refractivity contribution >= 4 is 35.3 Å². The smallest absolute Gasteiger partial charge is 0.230 e. The van der Waals surface area contributed by atoms with Gasteiger partial charge >= 0.3 is 0 Å². The zero-order chi connectivity index (χ0) is 96.4. The maximum absolute atomic E-state index is 13.4. The van der Waals surface area contributed by atoms with Gasteiger partial charge in [-0.15, -0.1) is 23.5 Å². The van der Waals surface area contributed by atoms with Crippen molar-refractivity contribution in [3.8, 4) is 0 Å². The molecule has 45 heteroatoms. The molecule has 0 spiro atoms. The predicted molar refractivity (Wildman–Crippen MR) is 471 cm³/mol. The highest BCUT2D eigenvalue weighted by molar-refractivity contribution is 8.00. The van der Waals surface area contributed by atoms with E-state index in [-0.39, 0.29) is 99.4 Å². The summed E-state index contributed by atoms with van der Waals surface area (Å²) >= 11 is 1.76. The third-order valence-corrected chi connectivity index (χ3v) is 28.8. The zero-order valence-electron chi connectivity index (χ0n) is 74.5. The number of amides is 2. The highest BCUT2D eigenvalue weighted by Crippen LogP contribution is 2.52. The summed E-state index contributed by atoms with van der Waals surface area (Å²) < 4.78 is 119. The second-order valence-electron chi connectivity index (χ2n) is 35.5. The Morgan fingerprint density at radius 2 is 0.496 bits per heavy atom. The first-order chi connectivity index (χ1) is 66.4. The molecule has 39 atom stereocenters. The lowest BCUT2D eigenvalue weighted by molar-refractivity contribution is -0.395. The first-order valence-corrected chi connectivity index (χ1v) is 48.4. The highest BCUT2D eigenvalue weighted by atomic mass is 32.2. The van der Waals surface area contributed by atoms with Gasteiger partial charge in [0.15, 0.2) is 44.0 Å². The van der Waals surface area contributed by atoms with Crippen LogP contribution >= 0.6 is 23.5 Å². The predicted octanol–water partition coefficient (Wildman–Crippen LogP) is -7.35. The average molecular weight is 1980 g/mol. The van der Waals surface area contributed by atoms with E-state index in [1.54, 1.807) is 0 Å². The van der Waals surface area contributed by atoms with Crippen LogP contribution in [0.3, 0.4) is 0 Å². The first kappa shape index (κ1) is 104. The molecular weight excluding hydrogens is 1850 g/mol. The zero-order valence-corrected chi connectivity index (χ0v) is 76.1. The highest BCUT2D eigenvalue weighted by Gasteiger charge is 2.61. The second kappa shape index (κ2) is 48.4. The molecule has 14 bridgehead atoms. The van der Waals surface area contributed by atoms with E-state index in [0.717, 1.165) is 34.7 Å². The molecule has 21 saturated heterocycles. The average Bonchev–Trinajstić information content (AvgIpc) is 0.826. The van der Waals surface area contributed by atoms with E-state index in [1.807, 2.05) is 0 Å². The lowest BCUT2D eigenvalue weighted by Crippen LogP contribution is -2.68. The van der Waals surface area contributed by atoms with E-state index < -0.39 is 260 Å².